The number of carbonyl (C=O) groups is 1. The summed E-state index contributed by atoms with van der Waals surface area (Å²) in [7, 11) is -1.07. The number of nitrogens with zero attached hydrogens (tertiary/aromatic N) is 3. The number of ether oxygens (including phenoxy) is 6. The van der Waals surface area contributed by atoms with Gasteiger partial charge < -0.3 is 0 Å². The van der Waals surface area contributed by atoms with Crippen LogP contribution in [-0.2, 0) is 33.9 Å². The molecule has 1 aliphatic heterocycles. The Morgan fingerprint density at radius 1 is 0.922 bits per heavy atom. The van der Waals surface area contributed by atoms with E-state index in [1.54, 1.807) is 43.8 Å². The van der Waals surface area contributed by atoms with Gasteiger partial charge in [0.05, 0.1) is 0 Å². The zero-order valence-corrected chi connectivity index (χ0v) is 37.4. The van der Waals surface area contributed by atoms with Gasteiger partial charge in [-0.2, -0.15) is 0 Å². The first-order valence-corrected chi connectivity index (χ1v) is 22.6. The number of alkyl halides is 3. The molecular weight excluding hydrogens is 862 g/mol. The molecule has 16 nitrogen and oxygen atoms in total. The number of nitrogens with one attached hydrogen (secondary N) is 2. The molecule has 0 unspecified atom stereocenters. The number of hydrogen-bond acceptors (Lipinski definition) is 13. The fourth-order valence-electron chi connectivity index (χ4n) is 7.91. The number of methoxy groups -OCH3 is 2. The molecular formula is C44H55F3N5O11P. The van der Waals surface area contributed by atoms with Crippen molar-refractivity contribution in [1.82, 2.24) is 19.5 Å². The summed E-state index contributed by atoms with van der Waals surface area (Å²) in [5.74, 6) is -0.963. The van der Waals surface area contributed by atoms with Crippen molar-refractivity contribution in [1.29, 1.82) is 5.26 Å². The zero-order valence-electron chi connectivity index (χ0n) is 36.4. The number of benzene rings is 3. The maximum atomic E-state index is 13.5. The van der Waals surface area contributed by atoms with Crippen LogP contribution < -0.4 is 26.0 Å². The Hall–Kier alpha value is -5.16. The van der Waals surface area contributed by atoms with Crippen molar-refractivity contribution in [3.05, 3.63) is 129 Å². The molecule has 0 bridgehead atoms. The summed E-state index contributed by atoms with van der Waals surface area (Å²) in [5, 5.41) is 11.5. The molecule has 348 valence electrons. The number of aromatic amines is 1. The van der Waals surface area contributed by atoms with Crippen LogP contribution in [0.1, 0.15) is 57.0 Å². The Kier molecular flexibility index (Phi) is 17.3. The van der Waals surface area contributed by atoms with Gasteiger partial charge in [0.15, 0.2) is 0 Å². The van der Waals surface area contributed by atoms with Gasteiger partial charge in [0, 0.05) is 0 Å². The minimum atomic E-state index is -5.10. The Morgan fingerprint density at radius 2 is 1.50 bits per heavy atom. The van der Waals surface area contributed by atoms with Crippen LogP contribution >= 0.6 is 7.87 Å². The molecule has 1 aliphatic rings. The third kappa shape index (κ3) is 11.7. The summed E-state index contributed by atoms with van der Waals surface area (Å²) in [4.78, 5) is 52.1. The zero-order chi connectivity index (χ0) is 46.7. The second kappa shape index (κ2) is 22.2. The van der Waals surface area contributed by atoms with Crippen LogP contribution in [0, 0.1) is 11.3 Å². The van der Waals surface area contributed by atoms with Crippen LogP contribution in [0.3, 0.4) is 0 Å². The summed E-state index contributed by atoms with van der Waals surface area (Å²) in [6.45, 7) is 5.66. The van der Waals surface area contributed by atoms with Crippen molar-refractivity contribution < 1.29 is 55.8 Å². The van der Waals surface area contributed by atoms with Gasteiger partial charge in [-0.3, -0.25) is 0 Å². The van der Waals surface area contributed by atoms with Crippen molar-refractivity contribution in [2.24, 2.45) is 0 Å². The summed E-state index contributed by atoms with van der Waals surface area (Å²) in [6.07, 6.45) is -9.24. The third-order valence-electron chi connectivity index (χ3n) is 10.6. The fraction of sp³-hybridized carbons (Fsp3) is 0.455. The van der Waals surface area contributed by atoms with E-state index in [1.165, 1.54) is 6.20 Å². The first-order chi connectivity index (χ1) is 30.5. The molecule has 0 radical (unpaired) electrons. The van der Waals surface area contributed by atoms with E-state index in [4.69, 9.17) is 32.9 Å². The number of H-pyrrole nitrogens is 1. The first kappa shape index (κ1) is 49.8. The molecule has 3 N–H and O–H groups in total. The Labute approximate surface area is 369 Å². The summed E-state index contributed by atoms with van der Waals surface area (Å²) < 4.78 is 84.8. The van der Waals surface area contributed by atoms with Crippen molar-refractivity contribution >= 4 is 13.8 Å². The molecule has 4 atom stereocenters. The van der Waals surface area contributed by atoms with Gasteiger partial charge in [0.25, 0.3) is 0 Å². The molecule has 1 aromatic heterocycles. The van der Waals surface area contributed by atoms with Crippen molar-refractivity contribution in [2.75, 3.05) is 46.9 Å². The molecule has 1 fully saturated rings. The van der Waals surface area contributed by atoms with Gasteiger partial charge in [-0.05, 0) is 0 Å². The average Bonchev–Trinajstić information content (AvgIpc) is 3.59. The van der Waals surface area contributed by atoms with Crippen LogP contribution in [0.25, 0.3) is 0 Å². The number of aromatic nitrogens is 2. The molecule has 0 spiro atoms. The van der Waals surface area contributed by atoms with Crippen molar-refractivity contribution in [3.63, 3.8) is 0 Å². The average molecular weight is 918 g/mol. The van der Waals surface area contributed by atoms with Gasteiger partial charge in [-0.15, -0.1) is 0 Å². The van der Waals surface area contributed by atoms with Gasteiger partial charge in [-0.25, -0.2) is 0 Å². The molecule has 0 aliphatic carbocycles. The van der Waals surface area contributed by atoms with Gasteiger partial charge in [0.1, 0.15) is 0 Å². The first-order valence-electron chi connectivity index (χ1n) is 20.5. The topological polar surface area (TPSA) is 196 Å². The summed E-state index contributed by atoms with van der Waals surface area (Å²) in [6, 6.07) is 26.7. The van der Waals surface area contributed by atoms with E-state index in [-0.39, 0.29) is 31.3 Å². The van der Waals surface area contributed by atoms with Gasteiger partial charge >= 0.3 is 370 Å². The standard InChI is InChI=1S/C44H55F3N5O11P/c1-29(2)52(30(3)4)64(56,26-10-22-48)63-38-36(62-40(51-24-21-37(53)50-42(51)55)39(38)60-28-59-25-23-49-41(54)44(45,46)47)27-61-43(31-11-8-7-9-12-31,32-13-17-34(57-5)18-14-32)33-15-19-35(58-6)20-16-33/h7-9,11-21,24,29-30,36,38-40,56,64H,10,23,25-28H2,1-6H3,(H,49,54)(H,50,53,55)/t36-,38-,39-,40-/m1/s1. The number of rotatable bonds is 22. The quantitative estimate of drug-likeness (QED) is 0.0393. The van der Waals surface area contributed by atoms with Crippen molar-refractivity contribution in [3.8, 4) is 17.6 Å². The third-order valence-corrected chi connectivity index (χ3v) is 14.0. The van der Waals surface area contributed by atoms with Crippen LogP contribution in [0.15, 0.2) is 101 Å². The molecule has 1 saturated heterocycles. The van der Waals surface area contributed by atoms with E-state index in [0.29, 0.717) is 28.2 Å². The molecule has 4 aromatic rings. The predicted octanol–water partition coefficient (Wildman–Crippen LogP) is 5.40. The van der Waals surface area contributed by atoms with Crippen LogP contribution in [0.4, 0.5) is 13.2 Å². The molecule has 3 aromatic carbocycles. The number of halogens is 3. The van der Waals surface area contributed by atoms with Crippen molar-refractivity contribution in [2.45, 2.75) is 82.5 Å². The van der Waals surface area contributed by atoms with Crippen LogP contribution in [0.2, 0.25) is 0 Å². The SMILES string of the molecule is COc1ccc(C(OC[C@H]2O[C@@H](n3ccc(=O)[nH]c3=O)[C@H](OCOCCNC(=O)C(F)(F)F)[C@@H]2O[PH](O)(CCC#N)N(C(C)C)C(C)C)(c2ccccc2)c2ccc(OC)cc2)cc1. The number of carbonyl (C=O) groups excluding carboxylic acids is 1. The predicted molar refractivity (Wildman–Crippen MR) is 231 cm³/mol. The monoisotopic (exact) mass is 917 g/mol. The van der Waals surface area contributed by atoms with E-state index >= 15 is 0 Å². The van der Waals surface area contributed by atoms with E-state index in [1.807, 2.05) is 87.0 Å². The molecule has 64 heavy (non-hydrogen) atoms. The normalized spacial score (nSPS) is 18.3. The second-order valence-corrected chi connectivity index (χ2v) is 18.1. The van der Waals surface area contributed by atoms with Gasteiger partial charge in [-0.1, -0.05) is 0 Å². The number of nitriles is 1. The maximum absolute atomic E-state index is 13.5. The van der Waals surface area contributed by atoms with E-state index in [0.717, 1.165) is 10.6 Å². The molecule has 0 saturated carbocycles. The minimum absolute atomic E-state index is 0.0685. The van der Waals surface area contributed by atoms with Crippen LogP contribution in [-0.4, -0.2) is 109 Å². The Balaban J connectivity index is 1.65. The summed E-state index contributed by atoms with van der Waals surface area (Å²) in [5.41, 5.74) is -0.879. The summed E-state index contributed by atoms with van der Waals surface area (Å²) >= 11 is 0. The number of hydrogen-bond donors (Lipinski definition) is 3. The van der Waals surface area contributed by atoms with Gasteiger partial charge in [0.2, 0.25) is 0 Å². The fourth-order valence-corrected chi connectivity index (χ4v) is 11.2. The van der Waals surface area contributed by atoms with Crippen LogP contribution in [0.5, 0.6) is 11.5 Å². The Bertz CT molecular complexity index is 2220. The molecule has 2 heterocycles. The molecule has 5 rings (SSSR count). The Morgan fingerprint density at radius 3 is 2.02 bits per heavy atom. The molecule has 20 heteroatoms. The molecule has 1 amide bonds. The van der Waals surface area contributed by atoms with E-state index < -0.39 is 81.3 Å². The van der Waals surface area contributed by atoms with E-state index in [2.05, 4.69) is 11.1 Å². The number of amides is 1. The second-order valence-electron chi connectivity index (χ2n) is 15.4. The van der Waals surface area contributed by atoms with E-state index in [9.17, 15) is 37.7 Å².